The van der Waals surface area contributed by atoms with Gasteiger partial charge in [0.1, 0.15) is 10.6 Å². The number of hydrogen-bond donors (Lipinski definition) is 1. The first-order valence-electron chi connectivity index (χ1n) is 7.21. The molecule has 0 aliphatic carbocycles. The molecule has 154 valence electrons. The van der Waals surface area contributed by atoms with Crippen LogP contribution >= 0.6 is 22.9 Å². The van der Waals surface area contributed by atoms with Crippen molar-refractivity contribution in [1.29, 1.82) is 0 Å². The fourth-order valence-electron chi connectivity index (χ4n) is 1.87. The normalized spacial score (nSPS) is 11.7. The van der Waals surface area contributed by atoms with E-state index in [1.807, 2.05) is 0 Å². The number of fused-ring (bicyclic) bond motifs is 1. The summed E-state index contributed by atoms with van der Waals surface area (Å²) in [5.74, 6) is -1.17. The average Bonchev–Trinajstić information content (AvgIpc) is 3.04. The molecule has 0 amide bonds. The van der Waals surface area contributed by atoms with Crippen LogP contribution in [0.1, 0.15) is 31.3 Å². The maximum Gasteiger partial charge on any atom is 0.417 e. The van der Waals surface area contributed by atoms with Crippen molar-refractivity contribution in [3.05, 3.63) is 57.3 Å². The molecule has 0 radical (unpaired) electrons. The minimum Gasteiger partial charge on any atom is -0.477 e. The van der Waals surface area contributed by atoms with E-state index in [2.05, 4.69) is 9.97 Å². The maximum absolute atomic E-state index is 12.3. The molecule has 3 aromatic heterocycles. The monoisotopic (exact) mass is 456 g/mol. The molecule has 0 saturated carbocycles. The van der Waals surface area contributed by atoms with E-state index in [-0.39, 0.29) is 25.8 Å². The van der Waals surface area contributed by atoms with Gasteiger partial charge in [-0.3, -0.25) is 14.8 Å². The van der Waals surface area contributed by atoms with Crippen molar-refractivity contribution in [3.63, 3.8) is 0 Å². The van der Waals surface area contributed by atoms with Gasteiger partial charge in [0.05, 0.1) is 26.4 Å². The Balaban J connectivity index is 0.000000212. The third-order valence-electron chi connectivity index (χ3n) is 3.22. The summed E-state index contributed by atoms with van der Waals surface area (Å²) in [6, 6.07) is 2.82. The van der Waals surface area contributed by atoms with Crippen LogP contribution in [0.3, 0.4) is 0 Å². The molecule has 5 nitrogen and oxygen atoms in total. The Hall–Kier alpha value is -2.73. The van der Waals surface area contributed by atoms with Crippen LogP contribution in [0.5, 0.6) is 0 Å². The lowest BCUT2D eigenvalue weighted by molar-refractivity contribution is -0.138. The number of carbonyl (C=O) groups is 2. The molecule has 0 aliphatic heterocycles. The standard InChI is InChI=1S/C9H4F3NO2S.C7H3ClF3NO/c10-9(11,12)4-1-6-5(13-3-4)2-7(16-6)8(14)15;8-5-1-4(7(9,10)11)2-12-6(5)3-13/h1-3H,(H,14,15);1-3H. The SMILES string of the molecule is O=C(O)c1cc2ncc(C(F)(F)F)cc2s1.O=Cc1ncc(C(F)(F)F)cc1Cl. The lowest BCUT2D eigenvalue weighted by Gasteiger charge is -2.06. The Morgan fingerprint density at radius 1 is 1.00 bits per heavy atom. The van der Waals surface area contributed by atoms with Gasteiger partial charge in [-0.05, 0) is 18.2 Å². The molecular formula is C16H7ClF6N2O3S. The van der Waals surface area contributed by atoms with Crippen LogP contribution in [0, 0.1) is 0 Å². The predicted molar refractivity (Wildman–Crippen MR) is 91.2 cm³/mol. The number of nitrogens with zero attached hydrogens (tertiary/aromatic N) is 2. The van der Waals surface area contributed by atoms with Gasteiger partial charge in [0.2, 0.25) is 0 Å². The van der Waals surface area contributed by atoms with Crippen molar-refractivity contribution >= 4 is 45.4 Å². The Morgan fingerprint density at radius 2 is 1.55 bits per heavy atom. The number of carbonyl (C=O) groups excluding carboxylic acids is 1. The molecule has 0 aliphatic rings. The highest BCUT2D eigenvalue weighted by molar-refractivity contribution is 7.20. The molecule has 3 aromatic rings. The topological polar surface area (TPSA) is 80.1 Å². The summed E-state index contributed by atoms with van der Waals surface area (Å²) < 4.78 is 73.3. The van der Waals surface area contributed by atoms with E-state index in [1.165, 1.54) is 6.07 Å². The number of rotatable bonds is 2. The van der Waals surface area contributed by atoms with Gasteiger partial charge in [0.25, 0.3) is 0 Å². The fraction of sp³-hybridized carbons (Fsp3) is 0.125. The lowest BCUT2D eigenvalue weighted by Crippen LogP contribution is -2.06. The zero-order chi connectivity index (χ0) is 22.0. The molecule has 1 N–H and O–H groups in total. The second-order valence-corrected chi connectivity index (χ2v) is 6.72. The molecule has 0 aromatic carbocycles. The van der Waals surface area contributed by atoms with Gasteiger partial charge < -0.3 is 5.11 Å². The van der Waals surface area contributed by atoms with Crippen molar-refractivity contribution in [1.82, 2.24) is 9.97 Å². The van der Waals surface area contributed by atoms with E-state index in [1.54, 1.807) is 0 Å². The molecular weight excluding hydrogens is 450 g/mol. The molecule has 0 fully saturated rings. The first kappa shape index (κ1) is 22.6. The average molecular weight is 457 g/mol. The molecule has 3 rings (SSSR count). The first-order chi connectivity index (χ1) is 13.3. The smallest absolute Gasteiger partial charge is 0.417 e. The zero-order valence-electron chi connectivity index (χ0n) is 13.7. The summed E-state index contributed by atoms with van der Waals surface area (Å²) in [5.41, 5.74) is -1.79. The first-order valence-corrected chi connectivity index (χ1v) is 8.40. The van der Waals surface area contributed by atoms with E-state index < -0.39 is 29.4 Å². The molecule has 0 bridgehead atoms. The number of alkyl halides is 6. The number of halogens is 7. The predicted octanol–water partition coefficient (Wildman–Crippen LogP) is 5.58. The van der Waals surface area contributed by atoms with Gasteiger partial charge in [0, 0.05) is 12.4 Å². The number of aldehydes is 1. The Labute approximate surface area is 166 Å². The third kappa shape index (κ3) is 5.64. The fourth-order valence-corrected chi connectivity index (χ4v) is 2.98. The van der Waals surface area contributed by atoms with E-state index >= 15 is 0 Å². The molecule has 0 unspecified atom stereocenters. The summed E-state index contributed by atoms with van der Waals surface area (Å²) in [4.78, 5) is 27.6. The number of aromatic carboxylic acids is 1. The van der Waals surface area contributed by atoms with Crippen LogP contribution in [0.25, 0.3) is 10.2 Å². The van der Waals surface area contributed by atoms with E-state index in [0.29, 0.717) is 24.7 Å². The molecule has 29 heavy (non-hydrogen) atoms. The Morgan fingerprint density at radius 3 is 2.03 bits per heavy atom. The van der Waals surface area contributed by atoms with Gasteiger partial charge in [-0.2, -0.15) is 26.3 Å². The quantitative estimate of drug-likeness (QED) is 0.402. The summed E-state index contributed by atoms with van der Waals surface area (Å²) in [6.45, 7) is 0. The number of carboxylic acid groups (broad SMARTS) is 1. The van der Waals surface area contributed by atoms with Crippen LogP contribution in [0.15, 0.2) is 30.6 Å². The van der Waals surface area contributed by atoms with Crippen LogP contribution in [-0.2, 0) is 12.4 Å². The molecule has 3 heterocycles. The van der Waals surface area contributed by atoms with E-state index in [0.717, 1.165) is 17.4 Å². The van der Waals surface area contributed by atoms with Crippen molar-refractivity contribution in [2.45, 2.75) is 12.4 Å². The third-order valence-corrected chi connectivity index (χ3v) is 4.58. The van der Waals surface area contributed by atoms with Gasteiger partial charge in [-0.1, -0.05) is 11.6 Å². The number of hydrogen-bond acceptors (Lipinski definition) is 5. The summed E-state index contributed by atoms with van der Waals surface area (Å²) in [6.07, 6.45) is -7.40. The largest absolute Gasteiger partial charge is 0.477 e. The maximum atomic E-state index is 12.3. The number of carboxylic acids is 1. The van der Waals surface area contributed by atoms with Crippen LogP contribution in [0.2, 0.25) is 5.02 Å². The molecule has 0 saturated heterocycles. The summed E-state index contributed by atoms with van der Waals surface area (Å²) >= 11 is 6.12. The Bertz CT molecular complexity index is 1060. The summed E-state index contributed by atoms with van der Waals surface area (Å²) in [5, 5.41) is 8.37. The van der Waals surface area contributed by atoms with Gasteiger partial charge in [-0.15, -0.1) is 11.3 Å². The van der Waals surface area contributed by atoms with Gasteiger partial charge in [-0.25, -0.2) is 4.79 Å². The van der Waals surface area contributed by atoms with Crippen molar-refractivity contribution < 1.29 is 41.0 Å². The summed E-state index contributed by atoms with van der Waals surface area (Å²) in [7, 11) is 0. The number of pyridine rings is 2. The highest BCUT2D eigenvalue weighted by atomic mass is 35.5. The Kier molecular flexibility index (Phi) is 6.48. The minimum atomic E-state index is -4.49. The van der Waals surface area contributed by atoms with Crippen LogP contribution < -0.4 is 0 Å². The zero-order valence-corrected chi connectivity index (χ0v) is 15.2. The number of thiophene rings is 1. The van der Waals surface area contributed by atoms with Gasteiger partial charge >= 0.3 is 18.3 Å². The van der Waals surface area contributed by atoms with Crippen molar-refractivity contribution in [2.24, 2.45) is 0 Å². The lowest BCUT2D eigenvalue weighted by atomic mass is 10.2. The number of aromatic nitrogens is 2. The highest BCUT2D eigenvalue weighted by Gasteiger charge is 2.32. The molecule has 0 atom stereocenters. The molecule has 13 heteroatoms. The van der Waals surface area contributed by atoms with Crippen LogP contribution in [0.4, 0.5) is 26.3 Å². The highest BCUT2D eigenvalue weighted by Crippen LogP contribution is 2.33. The van der Waals surface area contributed by atoms with Crippen molar-refractivity contribution in [3.8, 4) is 0 Å². The second kappa shape index (κ2) is 8.33. The van der Waals surface area contributed by atoms with Crippen LogP contribution in [-0.4, -0.2) is 27.3 Å². The van der Waals surface area contributed by atoms with Gasteiger partial charge in [0.15, 0.2) is 6.29 Å². The van der Waals surface area contributed by atoms with E-state index in [9.17, 15) is 35.9 Å². The van der Waals surface area contributed by atoms with Crippen molar-refractivity contribution in [2.75, 3.05) is 0 Å². The molecule has 0 spiro atoms. The minimum absolute atomic E-state index is 0.0261. The second-order valence-electron chi connectivity index (χ2n) is 5.23. The van der Waals surface area contributed by atoms with E-state index in [4.69, 9.17) is 16.7 Å².